The maximum Gasteiger partial charge on any atom is 0.315 e. The number of nitrogens with one attached hydrogen (secondary N) is 4. The van der Waals surface area contributed by atoms with Gasteiger partial charge in [0.25, 0.3) is 0 Å². The Kier molecular flexibility index (Phi) is 13.1. The smallest absolute Gasteiger partial charge is 0.315 e. The lowest BCUT2D eigenvalue weighted by Gasteiger charge is -2.39. The Hall–Kier alpha value is -3.47. The van der Waals surface area contributed by atoms with E-state index in [1.807, 2.05) is 34.6 Å². The first kappa shape index (κ1) is 42.9. The third-order valence-electron chi connectivity index (χ3n) is 10.3. The minimum absolute atomic E-state index is 0.0376. The zero-order valence-electron chi connectivity index (χ0n) is 31.6. The Labute approximate surface area is 304 Å². The summed E-state index contributed by atoms with van der Waals surface area (Å²) >= 11 is 0. The van der Waals surface area contributed by atoms with Crippen LogP contribution in [-0.4, -0.2) is 105 Å². The quantitative estimate of drug-likeness (QED) is 0.213. The van der Waals surface area contributed by atoms with Crippen molar-refractivity contribution in [1.82, 2.24) is 30.5 Å². The van der Waals surface area contributed by atoms with Crippen LogP contribution in [-0.2, 0) is 30.8 Å². The Morgan fingerprint density at radius 1 is 0.981 bits per heavy atom. The second-order valence-corrected chi connectivity index (χ2v) is 18.8. The number of rotatable bonds is 14. The lowest BCUT2D eigenvalue weighted by atomic mass is 9.85. The number of piperidine rings is 1. The monoisotopic (exact) mass is 762 g/mol. The van der Waals surface area contributed by atoms with Crippen LogP contribution in [0.1, 0.15) is 67.4 Å². The highest BCUT2D eigenvalue weighted by Gasteiger charge is 2.70. The molecule has 4 N–H and O–H groups in total. The first-order valence-electron chi connectivity index (χ1n) is 17.3. The van der Waals surface area contributed by atoms with E-state index in [2.05, 4.69) is 21.3 Å². The van der Waals surface area contributed by atoms with E-state index in [-0.39, 0.29) is 48.9 Å². The topological polar surface area (TPSA) is 157 Å². The van der Waals surface area contributed by atoms with E-state index in [1.54, 1.807) is 20.8 Å². The number of likely N-dealkylation sites (N-methyl/N-ethyl adjacent to an activating group) is 1. The molecule has 6 atom stereocenters. The van der Waals surface area contributed by atoms with Crippen molar-refractivity contribution >= 4 is 33.8 Å². The first-order chi connectivity index (χ1) is 23.7. The standard InChI is InChI=1S/C35H54F4N6O6S/c1-33(2,3)24(18-44(9)52(10,50)51)42-32(49)43-28(34(4,5)6)31(48)45-17-20-26(35(20,7)8)27(45)30(47)41-23(16-25(38)39)29(46)40-15-14-19-21(36)12-11-13-22(19)37/h11-13,20,23-28H,14-18H2,1-10H3,(H,40,46)(H,41,47)(H2,42,43,49)/t20-,23-,24+,26-,27-,28+/m0/s1. The van der Waals surface area contributed by atoms with Crippen LogP contribution in [0.3, 0.4) is 0 Å². The Morgan fingerprint density at radius 2 is 1.56 bits per heavy atom. The first-order valence-corrected chi connectivity index (χ1v) is 19.1. The molecular formula is C35H54F4N6O6S. The van der Waals surface area contributed by atoms with Crippen molar-refractivity contribution in [1.29, 1.82) is 0 Å². The normalized spacial score (nSPS) is 21.6. The number of fused-ring (bicyclic) bond motifs is 1. The molecule has 1 saturated carbocycles. The largest absolute Gasteiger partial charge is 0.354 e. The number of hydrogen-bond acceptors (Lipinski definition) is 6. The molecule has 52 heavy (non-hydrogen) atoms. The van der Waals surface area contributed by atoms with Gasteiger partial charge in [-0.15, -0.1) is 0 Å². The second-order valence-electron chi connectivity index (χ2n) is 16.7. The predicted molar refractivity (Wildman–Crippen MR) is 188 cm³/mol. The van der Waals surface area contributed by atoms with E-state index in [9.17, 15) is 45.2 Å². The molecule has 1 aromatic carbocycles. The van der Waals surface area contributed by atoms with Gasteiger partial charge >= 0.3 is 6.03 Å². The minimum Gasteiger partial charge on any atom is -0.354 e. The minimum atomic E-state index is -3.56. The number of carbonyl (C=O) groups is 4. The van der Waals surface area contributed by atoms with E-state index in [4.69, 9.17) is 0 Å². The van der Waals surface area contributed by atoms with Gasteiger partial charge in [0.2, 0.25) is 34.2 Å². The van der Waals surface area contributed by atoms with Crippen molar-refractivity contribution in [2.24, 2.45) is 28.1 Å². The van der Waals surface area contributed by atoms with Crippen molar-refractivity contribution < 1.29 is 45.2 Å². The molecule has 1 aliphatic heterocycles. The number of hydrogen-bond donors (Lipinski definition) is 4. The molecule has 0 aromatic heterocycles. The number of sulfonamides is 1. The number of amides is 5. The number of benzene rings is 1. The molecule has 1 saturated heterocycles. The van der Waals surface area contributed by atoms with Gasteiger partial charge in [0, 0.05) is 44.7 Å². The number of alkyl halides is 2. The van der Waals surface area contributed by atoms with Crippen molar-refractivity contribution in [2.45, 2.75) is 98.8 Å². The van der Waals surface area contributed by atoms with Gasteiger partial charge in [-0.3, -0.25) is 14.4 Å². The summed E-state index contributed by atoms with van der Waals surface area (Å²) in [6.07, 6.45) is -3.25. The summed E-state index contributed by atoms with van der Waals surface area (Å²) < 4.78 is 80.7. The lowest BCUT2D eigenvalue weighted by Crippen LogP contribution is -2.62. The molecule has 2 fully saturated rings. The summed E-state index contributed by atoms with van der Waals surface area (Å²) in [6, 6.07) is -2.13. The molecule has 12 nitrogen and oxygen atoms in total. The fourth-order valence-electron chi connectivity index (χ4n) is 6.76. The molecular weight excluding hydrogens is 708 g/mol. The number of nitrogens with zero attached hydrogens (tertiary/aromatic N) is 2. The third-order valence-corrected chi connectivity index (χ3v) is 11.6. The van der Waals surface area contributed by atoms with Crippen LogP contribution in [0.15, 0.2) is 18.2 Å². The van der Waals surface area contributed by atoms with Gasteiger partial charge in [-0.05, 0) is 46.6 Å². The van der Waals surface area contributed by atoms with Crippen LogP contribution < -0.4 is 21.3 Å². The average Bonchev–Trinajstić information content (AvgIpc) is 3.29. The number of urea groups is 1. The lowest BCUT2D eigenvalue weighted by molar-refractivity contribution is -0.144. The van der Waals surface area contributed by atoms with Gasteiger partial charge in [0.1, 0.15) is 29.8 Å². The third kappa shape index (κ3) is 10.4. The van der Waals surface area contributed by atoms with Crippen molar-refractivity contribution in [2.75, 3.05) is 32.9 Å². The average molecular weight is 763 g/mol. The fraction of sp³-hybridized carbons (Fsp3) is 0.714. The SMILES string of the molecule is CN(C[C@@H](NC(=O)N[C@H](C(=O)N1C[C@H]2[C@@H]([C@H]1C(=O)N[C@@H](CC(F)F)C(=O)NCCc1c(F)cccc1F)C2(C)C)C(C)(C)C)C(C)(C)C)S(C)(=O)=O. The van der Waals surface area contributed by atoms with Gasteiger partial charge in [-0.25, -0.2) is 35.1 Å². The van der Waals surface area contributed by atoms with Crippen LogP contribution >= 0.6 is 0 Å². The van der Waals surface area contributed by atoms with Crippen LogP contribution in [0.5, 0.6) is 0 Å². The maximum absolute atomic E-state index is 14.3. The molecule has 1 aliphatic carbocycles. The van der Waals surface area contributed by atoms with E-state index >= 15 is 0 Å². The summed E-state index contributed by atoms with van der Waals surface area (Å²) in [6.45, 7) is 14.3. The zero-order valence-corrected chi connectivity index (χ0v) is 32.4. The predicted octanol–water partition coefficient (Wildman–Crippen LogP) is 3.27. The van der Waals surface area contributed by atoms with Crippen molar-refractivity contribution in [3.63, 3.8) is 0 Å². The molecule has 5 amide bonds. The summed E-state index contributed by atoms with van der Waals surface area (Å²) in [5.74, 6) is -4.51. The highest BCUT2D eigenvalue weighted by molar-refractivity contribution is 7.88. The Balaban J connectivity index is 1.81. The van der Waals surface area contributed by atoms with E-state index in [0.717, 1.165) is 22.7 Å². The number of carbonyl (C=O) groups excluding carboxylic acids is 4. The van der Waals surface area contributed by atoms with Gasteiger partial charge in [-0.1, -0.05) is 61.5 Å². The molecule has 3 rings (SSSR count). The fourth-order valence-corrected chi connectivity index (χ4v) is 7.18. The van der Waals surface area contributed by atoms with Gasteiger partial charge in [-0.2, -0.15) is 0 Å². The molecule has 1 heterocycles. The summed E-state index contributed by atoms with van der Waals surface area (Å²) in [4.78, 5) is 56.0. The number of halogens is 4. The van der Waals surface area contributed by atoms with Gasteiger partial charge < -0.3 is 26.2 Å². The van der Waals surface area contributed by atoms with Crippen LogP contribution in [0.25, 0.3) is 0 Å². The Morgan fingerprint density at radius 3 is 2.06 bits per heavy atom. The molecule has 0 unspecified atom stereocenters. The summed E-state index contributed by atoms with van der Waals surface area (Å²) in [5, 5.41) is 10.3. The zero-order chi connectivity index (χ0) is 39.7. The second kappa shape index (κ2) is 15.9. The highest BCUT2D eigenvalue weighted by atomic mass is 32.2. The molecule has 2 aliphatic rings. The van der Waals surface area contributed by atoms with Crippen molar-refractivity contribution in [3.05, 3.63) is 35.4 Å². The van der Waals surface area contributed by atoms with Crippen LogP contribution in [0.4, 0.5) is 22.4 Å². The molecule has 17 heteroatoms. The van der Waals surface area contributed by atoms with Crippen LogP contribution in [0, 0.1) is 39.7 Å². The highest BCUT2D eigenvalue weighted by Crippen LogP contribution is 2.65. The molecule has 1 aromatic rings. The van der Waals surface area contributed by atoms with Crippen molar-refractivity contribution in [3.8, 4) is 0 Å². The van der Waals surface area contributed by atoms with E-state index < -0.39 is 93.3 Å². The Bertz CT molecular complexity index is 1590. The molecule has 0 radical (unpaired) electrons. The van der Waals surface area contributed by atoms with Gasteiger partial charge in [0.05, 0.1) is 6.26 Å². The maximum atomic E-state index is 14.3. The molecule has 0 spiro atoms. The number of likely N-dealkylation sites (tertiary alicyclic amines) is 1. The van der Waals surface area contributed by atoms with Crippen LogP contribution in [0.2, 0.25) is 0 Å². The van der Waals surface area contributed by atoms with E-state index in [1.165, 1.54) is 18.0 Å². The molecule has 294 valence electrons. The summed E-state index contributed by atoms with van der Waals surface area (Å²) in [7, 11) is -2.17. The molecule has 0 bridgehead atoms. The van der Waals surface area contributed by atoms with E-state index in [0.29, 0.717) is 0 Å². The summed E-state index contributed by atoms with van der Waals surface area (Å²) in [5.41, 5.74) is -2.13. The van der Waals surface area contributed by atoms with Gasteiger partial charge in [0.15, 0.2) is 0 Å².